The molecule has 1 unspecified atom stereocenters. The molecule has 0 amide bonds. The summed E-state index contributed by atoms with van der Waals surface area (Å²) < 4.78 is 15.2. The van der Waals surface area contributed by atoms with Crippen LogP contribution in [-0.4, -0.2) is 6.33 Å². The van der Waals surface area contributed by atoms with Gasteiger partial charge in [-0.3, -0.25) is 0 Å². The van der Waals surface area contributed by atoms with E-state index in [4.69, 9.17) is 1.43 Å². The summed E-state index contributed by atoms with van der Waals surface area (Å²) in [7, 11) is -1.99. The minimum atomic E-state index is -1.99. The standard InChI is InChI=1S/HO2PS/c1-3(2)4/h(H-,1,2,4)/p+1/i/hD. The van der Waals surface area contributed by atoms with Gasteiger partial charge in [-0.15, -0.1) is 0 Å². The Morgan fingerprint density at radius 2 is 2.75 bits per heavy atom. The summed E-state index contributed by atoms with van der Waals surface area (Å²) in [5, 5.41) is 0. The molecule has 1 N–H and O–H groups in total. The Hall–Kier alpha value is 0.410. The van der Waals surface area contributed by atoms with Crippen LogP contribution < -0.4 is 0 Å². The number of thiol groups is 1. The van der Waals surface area contributed by atoms with E-state index in [9.17, 15) is 4.57 Å². The summed E-state index contributed by atoms with van der Waals surface area (Å²) in [4.78, 5) is 3.37. The number of hydrogen-bond acceptors (Lipinski definition) is 2. The molecule has 0 fully saturated rings. The average Bonchev–Trinajstić information content (AvgIpc) is 1.38. The van der Waals surface area contributed by atoms with E-state index in [-0.39, 0.29) is 0 Å². The molecule has 0 bridgehead atoms. The normalized spacial score (nSPS) is 14.2. The van der Waals surface area contributed by atoms with Crippen LogP contribution in [0.1, 0.15) is 0 Å². The van der Waals surface area contributed by atoms with Crippen molar-refractivity contribution in [1.29, 1.82) is 1.43 Å². The highest BCUT2D eigenvalue weighted by Gasteiger charge is 1.90. The quantitative estimate of drug-likeness (QED) is 0.371. The lowest BCUT2D eigenvalue weighted by Crippen LogP contribution is -1.21. The minimum Gasteiger partial charge on any atom is -0.151 e. The lowest BCUT2D eigenvalue weighted by atomic mass is 15.9. The van der Waals surface area contributed by atoms with Crippen LogP contribution in [0.4, 0.5) is 0 Å². The maximum atomic E-state index is 9.42. The first-order chi connectivity index (χ1) is 2.27. The molecule has 24 valence electrons. The Kier molecular flexibility index (Phi) is 1.12. The van der Waals surface area contributed by atoms with Gasteiger partial charge in [-0.25, -0.2) is 0 Å². The predicted molar refractivity (Wildman–Crippen MR) is 18.8 cm³/mol. The topological polar surface area (TPSA) is 37.3 Å². The van der Waals surface area contributed by atoms with Gasteiger partial charge in [0.1, 0.15) is 12.2 Å². The summed E-state index contributed by atoms with van der Waals surface area (Å²) in [6.45, 7) is 0. The van der Waals surface area contributed by atoms with Gasteiger partial charge in [-0.05, 0) is 4.57 Å². The van der Waals surface area contributed by atoms with E-state index in [2.05, 4.69) is 17.1 Å². The van der Waals surface area contributed by atoms with Crippen LogP contribution >= 0.6 is 19.5 Å². The molecule has 0 saturated heterocycles. The van der Waals surface area contributed by atoms with Crippen LogP contribution in [0.2, 0.25) is 0 Å². The zero-order valence-electron chi connectivity index (χ0n) is 2.71. The molecular weight excluding hydrogens is 95.0 g/mol. The Morgan fingerprint density at radius 1 is 2.50 bits per heavy atom. The fourth-order valence-corrected chi connectivity index (χ4v) is 0. The first kappa shape index (κ1) is 2.64. The van der Waals surface area contributed by atoms with Crippen LogP contribution in [0.5, 0.6) is 0 Å². The molecule has 0 aliphatic heterocycles. The molecule has 0 aliphatic rings. The van der Waals surface area contributed by atoms with Crippen LogP contribution in [0.15, 0.2) is 0 Å². The summed E-state index contributed by atoms with van der Waals surface area (Å²) in [6, 6.07) is 0. The second-order valence-electron chi connectivity index (χ2n) is 0.238. The molecule has 0 heterocycles. The molecule has 0 saturated carbocycles. The highest BCUT2D eigenvalue weighted by molar-refractivity contribution is 8.38. The van der Waals surface area contributed by atoms with Gasteiger partial charge >= 0.3 is 7.23 Å². The largest absolute Gasteiger partial charge is 0.579 e. The van der Waals surface area contributed by atoms with Crippen molar-refractivity contribution in [2.45, 2.75) is 0 Å². The van der Waals surface area contributed by atoms with E-state index in [1.807, 2.05) is 0 Å². The molecule has 0 aromatic rings. The van der Waals surface area contributed by atoms with Crippen molar-refractivity contribution in [2.24, 2.45) is 0 Å². The molecule has 1 atom stereocenters. The molecule has 0 aliphatic carbocycles. The fraction of sp³-hybridized carbons (Fsp3) is 0. The van der Waals surface area contributed by atoms with Gasteiger partial charge in [0.15, 0.2) is 0 Å². The molecular formula is H2O2PS+. The summed E-state index contributed by atoms with van der Waals surface area (Å²) in [5.41, 5.74) is 0. The van der Waals surface area contributed by atoms with Crippen molar-refractivity contribution in [3.8, 4) is 0 Å². The summed E-state index contributed by atoms with van der Waals surface area (Å²) in [5.74, 6) is 0. The van der Waals surface area contributed by atoms with Crippen molar-refractivity contribution in [3.63, 3.8) is 0 Å². The fourth-order valence-electron chi connectivity index (χ4n) is 0. The van der Waals surface area contributed by atoms with E-state index < -0.39 is 7.23 Å². The zero-order valence-corrected chi connectivity index (χ0v) is 3.50. The molecule has 0 rings (SSSR count). The molecule has 2 nitrogen and oxygen atoms in total. The van der Waals surface area contributed by atoms with Crippen LogP contribution in [0.3, 0.4) is 0 Å². The van der Waals surface area contributed by atoms with Gasteiger partial charge in [0.05, 0.1) is 0 Å². The van der Waals surface area contributed by atoms with Crippen molar-refractivity contribution in [1.82, 2.24) is 0 Å². The third-order valence-corrected chi connectivity index (χ3v) is 0. The van der Waals surface area contributed by atoms with Gasteiger partial charge < -0.3 is 0 Å². The second kappa shape index (κ2) is 1.70. The first-order valence-corrected chi connectivity index (χ1v) is 2.90. The highest BCUT2D eigenvalue weighted by atomic mass is 32.7. The SMILES string of the molecule is [2H]O[P+](=O)S. The van der Waals surface area contributed by atoms with E-state index in [1.165, 1.54) is 0 Å². The third kappa shape index (κ3) is 28.5. The minimum absolute atomic E-state index is 1.99. The second-order valence-corrected chi connectivity index (χ2v) is 1.69. The highest BCUT2D eigenvalue weighted by Crippen LogP contribution is 2.16. The molecule has 0 radical (unpaired) electrons. The van der Waals surface area contributed by atoms with Crippen molar-refractivity contribution >= 4 is 19.5 Å². The molecule has 0 spiro atoms. The van der Waals surface area contributed by atoms with Crippen molar-refractivity contribution in [2.75, 3.05) is 0 Å². The lowest BCUT2D eigenvalue weighted by molar-refractivity contribution is 0.520. The number of hydrogen-bond donors (Lipinski definition) is 2. The molecule has 4 heavy (non-hydrogen) atoms. The molecule has 0 aromatic carbocycles. The van der Waals surface area contributed by atoms with Gasteiger partial charge in [0.25, 0.3) is 1.43 Å². The Labute approximate surface area is 31.4 Å². The van der Waals surface area contributed by atoms with Gasteiger partial charge in [-0.1, -0.05) is 0 Å². The Bertz CT molecular complexity index is 44.9. The van der Waals surface area contributed by atoms with Gasteiger partial charge in [-0.2, -0.15) is 4.90 Å². The number of rotatable bonds is 1. The summed E-state index contributed by atoms with van der Waals surface area (Å²) >= 11 is 3.20. The van der Waals surface area contributed by atoms with Gasteiger partial charge in [0.2, 0.25) is 0 Å². The van der Waals surface area contributed by atoms with E-state index in [0.29, 0.717) is 0 Å². The maximum absolute atomic E-state index is 9.42. The molecule has 0 aromatic heterocycles. The van der Waals surface area contributed by atoms with Crippen LogP contribution in [-0.2, 0) is 4.57 Å². The zero-order chi connectivity index (χ0) is 4.28. The molecule has 4 heteroatoms. The van der Waals surface area contributed by atoms with Crippen LogP contribution in [0.25, 0.3) is 0 Å². The lowest BCUT2D eigenvalue weighted by Gasteiger charge is -1.33. The predicted octanol–water partition coefficient (Wildman–Crippen LogP) is 0.566. The smallest absolute Gasteiger partial charge is 0.151 e. The van der Waals surface area contributed by atoms with Gasteiger partial charge in [0, 0.05) is 0 Å². The summed E-state index contributed by atoms with van der Waals surface area (Å²) in [6.07, 6.45) is 0. The van der Waals surface area contributed by atoms with Crippen molar-refractivity contribution in [3.05, 3.63) is 0 Å². The van der Waals surface area contributed by atoms with E-state index >= 15 is 0 Å². The van der Waals surface area contributed by atoms with Crippen LogP contribution in [0, 0.1) is 0 Å². The first-order valence-electron chi connectivity index (χ1n) is 0.973. The Balaban J connectivity index is 2.85. The average molecular weight is 98.1 g/mol. The van der Waals surface area contributed by atoms with Crippen molar-refractivity contribution < 1.29 is 9.46 Å². The van der Waals surface area contributed by atoms with E-state index in [1.54, 1.807) is 0 Å². The Morgan fingerprint density at radius 3 is 2.75 bits per heavy atom. The maximum Gasteiger partial charge on any atom is 0.579 e. The monoisotopic (exact) mass is 98.0 g/mol. The third-order valence-electron chi connectivity index (χ3n) is 0. The van der Waals surface area contributed by atoms with E-state index in [0.717, 1.165) is 0 Å².